The molecule has 0 saturated heterocycles. The molecule has 0 aliphatic carbocycles. The van der Waals surface area contributed by atoms with Crippen molar-refractivity contribution in [1.29, 1.82) is 0 Å². The van der Waals surface area contributed by atoms with Crippen LogP contribution in [0.5, 0.6) is 6.01 Å². The van der Waals surface area contributed by atoms with E-state index in [-0.39, 0.29) is 12.6 Å². The van der Waals surface area contributed by atoms with Crippen LogP contribution in [0.1, 0.15) is 6.92 Å². The molecule has 0 aliphatic heterocycles. The number of hydrogen-bond acceptors (Lipinski definition) is 4. The number of nitrogens with one attached hydrogen (secondary N) is 2. The highest BCUT2D eigenvalue weighted by Crippen LogP contribution is 2.17. The Morgan fingerprint density at radius 3 is 2.80 bits per heavy atom. The van der Waals surface area contributed by atoms with Crippen LogP contribution in [0.2, 0.25) is 0 Å². The minimum atomic E-state index is -4.96. The van der Waals surface area contributed by atoms with Crippen molar-refractivity contribution in [3.8, 4) is 6.01 Å². The number of aromatic amines is 1. The molecule has 2 N–H and O–H groups in total. The van der Waals surface area contributed by atoms with Crippen LogP contribution < -0.4 is 10.1 Å². The number of halogens is 3. The summed E-state index contributed by atoms with van der Waals surface area (Å²) in [6, 6.07) is -0.130. The zero-order valence-corrected chi connectivity index (χ0v) is 7.55. The molecule has 0 atom stereocenters. The fourth-order valence-corrected chi connectivity index (χ4v) is 0.674. The first-order valence-corrected chi connectivity index (χ1v) is 3.87. The predicted molar refractivity (Wildman–Crippen MR) is 42.2 cm³/mol. The quantitative estimate of drug-likeness (QED) is 0.792. The van der Waals surface area contributed by atoms with Gasteiger partial charge in [-0.05, 0) is 6.92 Å². The van der Waals surface area contributed by atoms with Crippen molar-refractivity contribution in [2.24, 2.45) is 0 Å². The second-order valence-corrected chi connectivity index (χ2v) is 2.35. The number of amides is 1. The van der Waals surface area contributed by atoms with E-state index in [1.165, 1.54) is 5.32 Å². The average Bonchev–Trinajstić information content (AvgIpc) is 2.51. The van der Waals surface area contributed by atoms with E-state index in [2.05, 4.69) is 15.2 Å². The molecule has 1 heterocycles. The summed E-state index contributed by atoms with van der Waals surface area (Å²) < 4.78 is 40.1. The van der Waals surface area contributed by atoms with Crippen LogP contribution in [-0.4, -0.2) is 33.9 Å². The maximum absolute atomic E-state index is 11.8. The number of nitrogens with zero attached hydrogens (tertiary/aromatic N) is 2. The van der Waals surface area contributed by atoms with Crippen LogP contribution >= 0.6 is 0 Å². The van der Waals surface area contributed by atoms with E-state index in [1.807, 2.05) is 0 Å². The smallest absolute Gasteiger partial charge is 0.463 e. The zero-order chi connectivity index (χ0) is 11.5. The number of ether oxygens (including phenoxy) is 1. The lowest BCUT2D eigenvalue weighted by Crippen LogP contribution is -2.30. The van der Waals surface area contributed by atoms with Gasteiger partial charge in [0.05, 0.1) is 6.61 Å². The molecule has 1 amide bonds. The van der Waals surface area contributed by atoms with E-state index in [1.54, 1.807) is 6.92 Å². The van der Waals surface area contributed by atoms with Gasteiger partial charge < -0.3 is 4.74 Å². The summed E-state index contributed by atoms with van der Waals surface area (Å²) in [5.41, 5.74) is 0. The highest BCUT2D eigenvalue weighted by Gasteiger charge is 2.39. The molecule has 15 heavy (non-hydrogen) atoms. The third-order valence-electron chi connectivity index (χ3n) is 1.23. The summed E-state index contributed by atoms with van der Waals surface area (Å²) in [6.07, 6.45) is -4.96. The molecule has 0 aliphatic rings. The van der Waals surface area contributed by atoms with E-state index >= 15 is 0 Å². The molecule has 1 aromatic rings. The van der Waals surface area contributed by atoms with E-state index in [0.29, 0.717) is 0 Å². The maximum atomic E-state index is 11.8. The van der Waals surface area contributed by atoms with Crippen LogP contribution in [0.4, 0.5) is 19.1 Å². The van der Waals surface area contributed by atoms with E-state index in [4.69, 9.17) is 4.74 Å². The van der Waals surface area contributed by atoms with Gasteiger partial charge in [0.15, 0.2) is 0 Å². The van der Waals surface area contributed by atoms with Crippen molar-refractivity contribution in [3.63, 3.8) is 0 Å². The molecular formula is C6H7F3N4O2. The standard InChI is InChI=1S/C6H7F3N4O2/c1-2-15-5-11-4(12-13-5)10-3(14)6(7,8)9/h2H2,1H3,(H2,10,11,12,13,14). The number of carbonyl (C=O) groups excluding carboxylic acids is 1. The molecule has 6 nitrogen and oxygen atoms in total. The van der Waals surface area contributed by atoms with Crippen LogP contribution in [0, 0.1) is 0 Å². The summed E-state index contributed by atoms with van der Waals surface area (Å²) in [6.45, 7) is 1.93. The van der Waals surface area contributed by atoms with Crippen molar-refractivity contribution >= 4 is 11.9 Å². The van der Waals surface area contributed by atoms with E-state index < -0.39 is 18.0 Å². The molecule has 0 spiro atoms. The summed E-state index contributed by atoms with van der Waals surface area (Å²) >= 11 is 0. The highest BCUT2D eigenvalue weighted by molar-refractivity contribution is 5.93. The predicted octanol–water partition coefficient (Wildman–Crippen LogP) is 0.704. The zero-order valence-electron chi connectivity index (χ0n) is 7.55. The maximum Gasteiger partial charge on any atom is 0.471 e. The van der Waals surface area contributed by atoms with Crippen LogP contribution in [0.3, 0.4) is 0 Å². The van der Waals surface area contributed by atoms with Crippen LogP contribution in [0.25, 0.3) is 0 Å². The molecule has 0 fully saturated rings. The van der Waals surface area contributed by atoms with Gasteiger partial charge >= 0.3 is 18.1 Å². The van der Waals surface area contributed by atoms with Gasteiger partial charge in [-0.25, -0.2) is 5.10 Å². The Hall–Kier alpha value is -1.80. The molecule has 1 rings (SSSR count). The SMILES string of the molecule is CCOc1n[nH]c(NC(=O)C(F)(F)F)n1. The molecule has 0 unspecified atom stereocenters. The van der Waals surface area contributed by atoms with Crippen LogP contribution in [-0.2, 0) is 4.79 Å². The highest BCUT2D eigenvalue weighted by atomic mass is 19.4. The lowest BCUT2D eigenvalue weighted by atomic mass is 10.6. The Morgan fingerprint density at radius 2 is 2.27 bits per heavy atom. The second kappa shape index (κ2) is 4.15. The van der Waals surface area contributed by atoms with Crippen LogP contribution in [0.15, 0.2) is 0 Å². The Bertz CT molecular complexity index is 348. The molecule has 0 saturated carbocycles. The number of rotatable bonds is 3. The normalized spacial score (nSPS) is 11.2. The summed E-state index contributed by atoms with van der Waals surface area (Å²) in [4.78, 5) is 13.9. The average molecular weight is 224 g/mol. The van der Waals surface area contributed by atoms with Gasteiger partial charge in [-0.15, -0.1) is 5.10 Å². The van der Waals surface area contributed by atoms with Gasteiger partial charge in [0, 0.05) is 0 Å². The summed E-state index contributed by atoms with van der Waals surface area (Å²) in [7, 11) is 0. The lowest BCUT2D eigenvalue weighted by Gasteiger charge is -2.03. The van der Waals surface area contributed by atoms with Gasteiger partial charge in [-0.3, -0.25) is 10.1 Å². The summed E-state index contributed by atoms with van der Waals surface area (Å²) in [5.74, 6) is -2.54. The Morgan fingerprint density at radius 1 is 1.60 bits per heavy atom. The van der Waals surface area contributed by atoms with Crippen molar-refractivity contribution in [2.45, 2.75) is 13.1 Å². The summed E-state index contributed by atoms with van der Waals surface area (Å²) in [5, 5.41) is 6.96. The third kappa shape index (κ3) is 3.11. The van der Waals surface area contributed by atoms with Gasteiger partial charge in [-0.2, -0.15) is 18.2 Å². The van der Waals surface area contributed by atoms with Gasteiger partial charge in [0.25, 0.3) is 0 Å². The molecular weight excluding hydrogens is 217 g/mol. The lowest BCUT2D eigenvalue weighted by molar-refractivity contribution is -0.167. The van der Waals surface area contributed by atoms with Gasteiger partial charge in [0.2, 0.25) is 5.95 Å². The Kier molecular flexibility index (Phi) is 3.12. The first-order valence-electron chi connectivity index (χ1n) is 3.87. The second-order valence-electron chi connectivity index (χ2n) is 2.35. The number of hydrogen-bond donors (Lipinski definition) is 2. The first kappa shape index (κ1) is 11.3. The number of carbonyl (C=O) groups is 1. The number of anilines is 1. The molecule has 0 radical (unpaired) electrons. The van der Waals surface area contributed by atoms with Crippen molar-refractivity contribution in [2.75, 3.05) is 11.9 Å². The van der Waals surface area contributed by atoms with E-state index in [9.17, 15) is 18.0 Å². The number of alkyl halides is 3. The minimum absolute atomic E-state index is 0.130. The topological polar surface area (TPSA) is 79.9 Å². The monoisotopic (exact) mass is 224 g/mol. The van der Waals surface area contributed by atoms with Crippen molar-refractivity contribution < 1.29 is 22.7 Å². The number of aromatic nitrogens is 3. The van der Waals surface area contributed by atoms with Gasteiger partial charge in [-0.1, -0.05) is 0 Å². The molecule has 0 bridgehead atoms. The number of H-pyrrole nitrogens is 1. The van der Waals surface area contributed by atoms with Gasteiger partial charge in [0.1, 0.15) is 0 Å². The third-order valence-corrected chi connectivity index (χ3v) is 1.23. The largest absolute Gasteiger partial charge is 0.471 e. The Labute approximate surface area is 81.8 Å². The first-order chi connectivity index (χ1) is 6.93. The minimum Gasteiger partial charge on any atom is -0.463 e. The van der Waals surface area contributed by atoms with Crippen molar-refractivity contribution in [1.82, 2.24) is 15.2 Å². The van der Waals surface area contributed by atoms with Crippen molar-refractivity contribution in [3.05, 3.63) is 0 Å². The Balaban J connectivity index is 2.61. The molecule has 84 valence electrons. The fourth-order valence-electron chi connectivity index (χ4n) is 0.674. The van der Waals surface area contributed by atoms with E-state index in [0.717, 1.165) is 0 Å². The fraction of sp³-hybridized carbons (Fsp3) is 0.500. The molecule has 1 aromatic heterocycles. The molecule has 9 heteroatoms. The molecule has 0 aromatic carbocycles.